The zero-order valence-electron chi connectivity index (χ0n) is 8.85. The van der Waals surface area contributed by atoms with Crippen LogP contribution in [0.5, 0.6) is 0 Å². The van der Waals surface area contributed by atoms with Gasteiger partial charge in [-0.15, -0.1) is 0 Å². The third kappa shape index (κ3) is 3.17. The first-order valence-corrected chi connectivity index (χ1v) is 6.79. The molecule has 0 aromatic rings. The van der Waals surface area contributed by atoms with Crippen LogP contribution in [0.3, 0.4) is 0 Å². The molecule has 1 fully saturated rings. The largest absolute Gasteiger partial charge is 0.481 e. The van der Waals surface area contributed by atoms with E-state index in [1.807, 2.05) is 6.92 Å². The highest BCUT2D eigenvalue weighted by atomic mass is 32.2. The molecule has 1 saturated heterocycles. The fourth-order valence-electron chi connectivity index (χ4n) is 1.87. The Morgan fingerprint density at radius 2 is 2.13 bits per heavy atom. The third-order valence-electron chi connectivity index (χ3n) is 2.68. The van der Waals surface area contributed by atoms with Gasteiger partial charge in [-0.3, -0.25) is 4.79 Å². The molecule has 1 atom stereocenters. The first-order chi connectivity index (χ1) is 6.97. The van der Waals surface area contributed by atoms with E-state index in [1.165, 1.54) is 4.31 Å². The predicted molar refractivity (Wildman–Crippen MR) is 56.1 cm³/mol. The summed E-state index contributed by atoms with van der Waals surface area (Å²) in [6.45, 7) is 2.28. The van der Waals surface area contributed by atoms with Crippen LogP contribution in [0.1, 0.15) is 32.6 Å². The molecular weight excluding hydrogens is 218 g/mol. The number of nitrogens with zero attached hydrogens (tertiary/aromatic N) is 1. The summed E-state index contributed by atoms with van der Waals surface area (Å²) >= 11 is 0. The van der Waals surface area contributed by atoms with Crippen LogP contribution in [0.2, 0.25) is 0 Å². The molecule has 1 aliphatic rings. The summed E-state index contributed by atoms with van der Waals surface area (Å²) in [4.78, 5) is 10.6. The lowest BCUT2D eigenvalue weighted by Gasteiger charge is -2.32. The van der Waals surface area contributed by atoms with E-state index in [2.05, 4.69) is 0 Å². The molecule has 0 radical (unpaired) electrons. The monoisotopic (exact) mass is 235 g/mol. The van der Waals surface area contributed by atoms with Crippen molar-refractivity contribution in [2.75, 3.05) is 12.3 Å². The van der Waals surface area contributed by atoms with Gasteiger partial charge in [-0.05, 0) is 19.3 Å². The number of sulfonamides is 1. The van der Waals surface area contributed by atoms with Crippen LogP contribution in [0.15, 0.2) is 0 Å². The van der Waals surface area contributed by atoms with E-state index in [4.69, 9.17) is 5.11 Å². The van der Waals surface area contributed by atoms with Gasteiger partial charge in [-0.25, -0.2) is 8.42 Å². The molecule has 6 heteroatoms. The Labute approximate surface area is 90.1 Å². The maximum atomic E-state index is 11.7. The van der Waals surface area contributed by atoms with Crippen LogP contribution in [0.25, 0.3) is 0 Å². The second-order valence-electron chi connectivity index (χ2n) is 3.79. The molecule has 0 aliphatic carbocycles. The fraction of sp³-hybridized carbons (Fsp3) is 0.889. The van der Waals surface area contributed by atoms with Crippen LogP contribution in [0.4, 0.5) is 0 Å². The van der Waals surface area contributed by atoms with Gasteiger partial charge in [0.1, 0.15) is 0 Å². The summed E-state index contributed by atoms with van der Waals surface area (Å²) in [6.07, 6.45) is 1.96. The van der Waals surface area contributed by atoms with E-state index in [0.717, 1.165) is 6.42 Å². The second-order valence-corrected chi connectivity index (χ2v) is 5.83. The zero-order valence-corrected chi connectivity index (χ0v) is 9.66. The highest BCUT2D eigenvalue weighted by Gasteiger charge is 2.32. The van der Waals surface area contributed by atoms with Crippen molar-refractivity contribution < 1.29 is 18.3 Å². The maximum Gasteiger partial charge on any atom is 0.304 e. The van der Waals surface area contributed by atoms with Gasteiger partial charge in [0.15, 0.2) is 0 Å². The molecule has 1 rings (SSSR count). The van der Waals surface area contributed by atoms with Crippen LogP contribution >= 0.6 is 0 Å². The van der Waals surface area contributed by atoms with Crippen LogP contribution in [-0.2, 0) is 14.8 Å². The summed E-state index contributed by atoms with van der Waals surface area (Å²) in [5.41, 5.74) is 0. The van der Waals surface area contributed by atoms with Gasteiger partial charge >= 0.3 is 5.97 Å². The maximum absolute atomic E-state index is 11.7. The van der Waals surface area contributed by atoms with Crippen molar-refractivity contribution in [2.45, 2.75) is 38.6 Å². The first-order valence-electron chi connectivity index (χ1n) is 5.18. The number of carbonyl (C=O) groups is 1. The quantitative estimate of drug-likeness (QED) is 0.777. The van der Waals surface area contributed by atoms with E-state index >= 15 is 0 Å². The summed E-state index contributed by atoms with van der Waals surface area (Å²) < 4.78 is 24.8. The normalized spacial score (nSPS) is 23.5. The van der Waals surface area contributed by atoms with Gasteiger partial charge in [0.2, 0.25) is 10.0 Å². The molecule has 15 heavy (non-hydrogen) atoms. The standard InChI is InChI=1S/C9H17NO4S/c1-2-8(7-9(11)12)10-5-3-4-6-15(10,13)14/h8H,2-7H2,1H3,(H,11,12). The number of hydrogen-bond acceptors (Lipinski definition) is 3. The lowest BCUT2D eigenvalue weighted by molar-refractivity contribution is -0.138. The predicted octanol–water partition coefficient (Wildman–Crippen LogP) is 0.665. The Morgan fingerprint density at radius 3 is 2.60 bits per heavy atom. The van der Waals surface area contributed by atoms with Crippen molar-refractivity contribution >= 4 is 16.0 Å². The zero-order chi connectivity index (χ0) is 11.5. The Kier molecular flexibility index (Phi) is 4.10. The van der Waals surface area contributed by atoms with Crippen LogP contribution in [0, 0.1) is 0 Å². The molecule has 1 unspecified atom stereocenters. The smallest absolute Gasteiger partial charge is 0.304 e. The van der Waals surface area contributed by atoms with Gasteiger partial charge in [-0.2, -0.15) is 4.31 Å². The summed E-state index contributed by atoms with van der Waals surface area (Å²) in [5, 5.41) is 8.69. The van der Waals surface area contributed by atoms with Crippen LogP contribution in [-0.4, -0.2) is 42.1 Å². The van der Waals surface area contributed by atoms with Gasteiger partial charge in [0, 0.05) is 12.6 Å². The van der Waals surface area contributed by atoms with Gasteiger partial charge < -0.3 is 5.11 Å². The average molecular weight is 235 g/mol. The van der Waals surface area contributed by atoms with E-state index in [-0.39, 0.29) is 18.2 Å². The highest BCUT2D eigenvalue weighted by Crippen LogP contribution is 2.20. The number of rotatable bonds is 4. The minimum atomic E-state index is -3.21. The summed E-state index contributed by atoms with van der Waals surface area (Å²) in [5.74, 6) is -0.786. The van der Waals surface area contributed by atoms with Crippen molar-refractivity contribution in [1.29, 1.82) is 0 Å². The van der Waals surface area contributed by atoms with Gasteiger partial charge in [0.25, 0.3) is 0 Å². The molecule has 1 heterocycles. The van der Waals surface area contributed by atoms with Crippen molar-refractivity contribution in [1.82, 2.24) is 4.31 Å². The molecule has 1 N–H and O–H groups in total. The van der Waals surface area contributed by atoms with E-state index in [9.17, 15) is 13.2 Å². The Bertz CT molecular complexity index is 325. The van der Waals surface area contributed by atoms with Crippen molar-refractivity contribution in [3.8, 4) is 0 Å². The SMILES string of the molecule is CCC(CC(=O)O)N1CCCCS1(=O)=O. The van der Waals surface area contributed by atoms with E-state index in [0.29, 0.717) is 19.4 Å². The molecule has 0 spiro atoms. The molecule has 0 bridgehead atoms. The Balaban J connectivity index is 2.77. The molecule has 1 aliphatic heterocycles. The third-order valence-corrected chi connectivity index (χ3v) is 4.68. The van der Waals surface area contributed by atoms with Crippen LogP contribution < -0.4 is 0 Å². The number of carboxylic acids is 1. The van der Waals surface area contributed by atoms with Gasteiger partial charge in [0.05, 0.1) is 12.2 Å². The minimum absolute atomic E-state index is 0.101. The number of aliphatic carboxylic acids is 1. The summed E-state index contributed by atoms with van der Waals surface area (Å²) in [7, 11) is -3.21. The number of carboxylic acid groups (broad SMARTS) is 1. The minimum Gasteiger partial charge on any atom is -0.481 e. The Morgan fingerprint density at radius 1 is 1.47 bits per heavy atom. The Hall–Kier alpha value is -0.620. The highest BCUT2D eigenvalue weighted by molar-refractivity contribution is 7.89. The second kappa shape index (κ2) is 4.94. The van der Waals surface area contributed by atoms with E-state index < -0.39 is 16.0 Å². The molecule has 0 aromatic heterocycles. The van der Waals surface area contributed by atoms with Crippen molar-refractivity contribution in [3.63, 3.8) is 0 Å². The molecule has 0 saturated carbocycles. The molecular formula is C9H17NO4S. The summed E-state index contributed by atoms with van der Waals surface area (Å²) in [6, 6.07) is -0.382. The molecule has 5 nitrogen and oxygen atoms in total. The fourth-order valence-corrected chi connectivity index (χ4v) is 3.76. The topological polar surface area (TPSA) is 74.7 Å². The number of hydrogen-bond donors (Lipinski definition) is 1. The molecule has 0 amide bonds. The average Bonchev–Trinajstić information content (AvgIpc) is 2.14. The first kappa shape index (κ1) is 12.4. The lowest BCUT2D eigenvalue weighted by atomic mass is 10.1. The van der Waals surface area contributed by atoms with Crippen molar-refractivity contribution in [3.05, 3.63) is 0 Å². The molecule has 0 aromatic carbocycles. The molecule has 88 valence electrons. The van der Waals surface area contributed by atoms with Gasteiger partial charge in [-0.1, -0.05) is 6.92 Å². The van der Waals surface area contributed by atoms with E-state index in [1.54, 1.807) is 0 Å². The van der Waals surface area contributed by atoms with Crippen molar-refractivity contribution in [2.24, 2.45) is 0 Å². The lowest BCUT2D eigenvalue weighted by Crippen LogP contribution is -2.45.